The minimum atomic E-state index is -0.106. The topological polar surface area (TPSA) is 93.0 Å². The second kappa shape index (κ2) is 8.07. The fraction of sp³-hybridized carbons (Fsp3) is 0.500. The molecule has 0 saturated carbocycles. The van der Waals surface area contributed by atoms with E-state index in [1.807, 2.05) is 18.0 Å². The number of nitrogens with zero attached hydrogens (tertiary/aromatic N) is 5. The Bertz CT molecular complexity index is 787. The summed E-state index contributed by atoms with van der Waals surface area (Å²) in [7, 11) is 1.88. The van der Waals surface area contributed by atoms with Gasteiger partial charge in [0, 0.05) is 38.8 Å². The van der Waals surface area contributed by atoms with Crippen LogP contribution in [0.5, 0.6) is 0 Å². The van der Waals surface area contributed by atoms with Gasteiger partial charge in [0.1, 0.15) is 0 Å². The van der Waals surface area contributed by atoms with Crippen LogP contribution in [0.4, 0.5) is 0 Å². The lowest BCUT2D eigenvalue weighted by molar-refractivity contribution is -0.132. The third-order valence-electron chi connectivity index (χ3n) is 4.65. The van der Waals surface area contributed by atoms with Crippen LogP contribution in [0, 0.1) is 0 Å². The highest BCUT2D eigenvalue weighted by Crippen LogP contribution is 2.31. The quantitative estimate of drug-likeness (QED) is 0.838. The van der Waals surface area contributed by atoms with E-state index in [0.717, 1.165) is 30.8 Å². The summed E-state index contributed by atoms with van der Waals surface area (Å²) in [5, 5.41) is 6.86. The Morgan fingerprint density at radius 3 is 2.92 bits per heavy atom. The van der Waals surface area contributed by atoms with Crippen molar-refractivity contribution in [3.8, 4) is 0 Å². The number of amides is 2. The third kappa shape index (κ3) is 4.25. The highest BCUT2D eigenvalue weighted by atomic mass is 16.2. The lowest BCUT2D eigenvalue weighted by Gasteiger charge is -2.24. The number of rotatable bonds is 6. The van der Waals surface area contributed by atoms with E-state index in [2.05, 4.69) is 20.4 Å². The highest BCUT2D eigenvalue weighted by molar-refractivity contribution is 5.77. The lowest BCUT2D eigenvalue weighted by atomic mass is 10.1. The van der Waals surface area contributed by atoms with Crippen LogP contribution in [-0.2, 0) is 29.6 Å². The largest absolute Gasteiger partial charge is 0.351 e. The van der Waals surface area contributed by atoms with Gasteiger partial charge >= 0.3 is 0 Å². The number of nitrogens with one attached hydrogen (secondary N) is 1. The molecule has 1 aliphatic heterocycles. The molecule has 1 saturated heterocycles. The van der Waals surface area contributed by atoms with Gasteiger partial charge in [-0.05, 0) is 25.3 Å². The second-order valence-corrected chi connectivity index (χ2v) is 6.54. The molecule has 3 heterocycles. The van der Waals surface area contributed by atoms with Crippen molar-refractivity contribution in [1.82, 2.24) is 30.0 Å². The average molecular weight is 356 g/mol. The highest BCUT2D eigenvalue weighted by Gasteiger charge is 2.31. The number of aryl methyl sites for hydroxylation is 2. The van der Waals surface area contributed by atoms with Gasteiger partial charge in [0.2, 0.25) is 11.8 Å². The second-order valence-electron chi connectivity index (χ2n) is 6.54. The summed E-state index contributed by atoms with van der Waals surface area (Å²) in [4.78, 5) is 34.5. The summed E-state index contributed by atoms with van der Waals surface area (Å²) in [5.41, 5.74) is 2.54. The van der Waals surface area contributed by atoms with Crippen LogP contribution in [0.2, 0.25) is 0 Å². The fourth-order valence-electron chi connectivity index (χ4n) is 3.28. The van der Waals surface area contributed by atoms with Gasteiger partial charge in [-0.3, -0.25) is 24.2 Å². The molecule has 26 heavy (non-hydrogen) atoms. The molecule has 1 aliphatic rings. The van der Waals surface area contributed by atoms with Gasteiger partial charge in [-0.25, -0.2) is 0 Å². The number of aromatic nitrogens is 4. The zero-order chi connectivity index (χ0) is 18.5. The van der Waals surface area contributed by atoms with Crippen LogP contribution in [0.15, 0.2) is 24.7 Å². The van der Waals surface area contributed by atoms with Crippen molar-refractivity contribution < 1.29 is 9.59 Å². The zero-order valence-electron chi connectivity index (χ0n) is 15.2. The molecule has 1 atom stereocenters. The Kier molecular flexibility index (Phi) is 5.60. The molecule has 1 fully saturated rings. The lowest BCUT2D eigenvalue weighted by Crippen LogP contribution is -2.31. The Balaban J connectivity index is 1.65. The van der Waals surface area contributed by atoms with E-state index in [1.165, 1.54) is 6.92 Å². The van der Waals surface area contributed by atoms with Gasteiger partial charge in [-0.2, -0.15) is 5.10 Å². The Morgan fingerprint density at radius 2 is 2.19 bits per heavy atom. The predicted octanol–water partition coefficient (Wildman–Crippen LogP) is 1.14. The molecular weight excluding hydrogens is 332 g/mol. The molecule has 138 valence electrons. The number of likely N-dealkylation sites (tertiary alicyclic amines) is 1. The van der Waals surface area contributed by atoms with Gasteiger partial charge < -0.3 is 10.2 Å². The van der Waals surface area contributed by atoms with E-state index in [4.69, 9.17) is 0 Å². The normalized spacial score (nSPS) is 16.7. The molecule has 0 aliphatic carbocycles. The van der Waals surface area contributed by atoms with Crippen LogP contribution >= 0.6 is 0 Å². The first-order chi connectivity index (χ1) is 12.5. The van der Waals surface area contributed by atoms with Gasteiger partial charge in [0.15, 0.2) is 0 Å². The molecular formula is C18H24N6O2. The summed E-state index contributed by atoms with van der Waals surface area (Å²) in [6, 6.07) is 1.89. The van der Waals surface area contributed by atoms with Crippen molar-refractivity contribution in [3.05, 3.63) is 41.7 Å². The maximum atomic E-state index is 12.7. The molecule has 0 bridgehead atoms. The third-order valence-corrected chi connectivity index (χ3v) is 4.65. The molecule has 8 nitrogen and oxygen atoms in total. The average Bonchev–Trinajstić information content (AvgIpc) is 3.27. The molecule has 2 amide bonds. The van der Waals surface area contributed by atoms with Crippen LogP contribution < -0.4 is 5.32 Å². The maximum Gasteiger partial charge on any atom is 0.223 e. The summed E-state index contributed by atoms with van der Waals surface area (Å²) >= 11 is 0. The van der Waals surface area contributed by atoms with Gasteiger partial charge in [0.05, 0.1) is 36.4 Å². The van der Waals surface area contributed by atoms with Gasteiger partial charge in [-0.1, -0.05) is 0 Å². The molecule has 1 N–H and O–H groups in total. The molecule has 8 heteroatoms. The van der Waals surface area contributed by atoms with E-state index in [0.29, 0.717) is 25.1 Å². The van der Waals surface area contributed by atoms with Crippen LogP contribution in [0.3, 0.4) is 0 Å². The Hall–Kier alpha value is -2.77. The van der Waals surface area contributed by atoms with Crippen molar-refractivity contribution in [1.29, 1.82) is 0 Å². The van der Waals surface area contributed by atoms with Crippen molar-refractivity contribution in [3.63, 3.8) is 0 Å². The molecule has 2 aromatic heterocycles. The number of hydrogen-bond acceptors (Lipinski definition) is 5. The van der Waals surface area contributed by atoms with Crippen molar-refractivity contribution in [2.45, 2.75) is 45.2 Å². The van der Waals surface area contributed by atoms with Crippen molar-refractivity contribution >= 4 is 11.8 Å². The molecule has 2 aromatic rings. The molecule has 0 aromatic carbocycles. The summed E-state index contributed by atoms with van der Waals surface area (Å²) < 4.78 is 1.80. The monoisotopic (exact) mass is 356 g/mol. The van der Waals surface area contributed by atoms with E-state index < -0.39 is 0 Å². The summed E-state index contributed by atoms with van der Waals surface area (Å²) in [6.07, 6.45) is 8.07. The molecule has 0 radical (unpaired) electrons. The number of hydrogen-bond donors (Lipinski definition) is 1. The Morgan fingerprint density at radius 1 is 1.35 bits per heavy atom. The summed E-state index contributed by atoms with van der Waals surface area (Å²) in [5.74, 6) is 0.0211. The van der Waals surface area contributed by atoms with E-state index in [1.54, 1.807) is 23.3 Å². The van der Waals surface area contributed by atoms with Gasteiger partial charge in [-0.15, -0.1) is 0 Å². The van der Waals surface area contributed by atoms with Crippen molar-refractivity contribution in [2.75, 3.05) is 6.54 Å². The minimum absolute atomic E-state index is 0.0428. The van der Waals surface area contributed by atoms with Crippen molar-refractivity contribution in [2.24, 2.45) is 7.05 Å². The predicted molar refractivity (Wildman–Crippen MR) is 94.8 cm³/mol. The Labute approximate surface area is 152 Å². The molecule has 0 spiro atoms. The smallest absolute Gasteiger partial charge is 0.223 e. The van der Waals surface area contributed by atoms with Crippen LogP contribution in [0.1, 0.15) is 49.3 Å². The van der Waals surface area contributed by atoms with Crippen LogP contribution in [-0.4, -0.2) is 43.0 Å². The van der Waals surface area contributed by atoms with E-state index in [-0.39, 0.29) is 17.9 Å². The first-order valence-electron chi connectivity index (χ1n) is 8.86. The SMILES string of the molecule is CC(=O)NCc1cncc([C@@H]2CCCN2C(=O)CCc2ccnn2C)n1. The fourth-order valence-corrected chi connectivity index (χ4v) is 3.28. The maximum absolute atomic E-state index is 12.7. The molecule has 3 rings (SSSR count). The first-order valence-corrected chi connectivity index (χ1v) is 8.86. The summed E-state index contributed by atoms with van der Waals surface area (Å²) in [6.45, 7) is 2.56. The van der Waals surface area contributed by atoms with E-state index in [9.17, 15) is 9.59 Å². The first kappa shape index (κ1) is 18.0. The zero-order valence-corrected chi connectivity index (χ0v) is 15.2. The van der Waals surface area contributed by atoms with E-state index >= 15 is 0 Å². The van der Waals surface area contributed by atoms with Crippen LogP contribution in [0.25, 0.3) is 0 Å². The van der Waals surface area contributed by atoms with Gasteiger partial charge in [0.25, 0.3) is 0 Å². The minimum Gasteiger partial charge on any atom is -0.351 e. The number of carbonyl (C=O) groups is 2. The standard InChI is InChI=1S/C18H24N6O2/c1-13(25)20-11-14-10-19-12-16(22-14)17-4-3-9-24(17)18(26)6-5-15-7-8-21-23(15)2/h7-8,10,12,17H,3-6,9,11H2,1-2H3,(H,20,25)/t17-/m0/s1. The molecule has 0 unspecified atom stereocenters. The number of carbonyl (C=O) groups excluding carboxylic acids is 2.